The van der Waals surface area contributed by atoms with Gasteiger partial charge in [0.25, 0.3) is 5.91 Å². The van der Waals surface area contributed by atoms with Crippen LogP contribution in [0, 0.1) is 0 Å². The van der Waals surface area contributed by atoms with Gasteiger partial charge in [-0.15, -0.1) is 24.5 Å². The standard InChI is InChI=1S/C14H15N3O2S/c1-3-6-17(7-4-2)12(18)9-19-13-11-5-8-20-14(11)16-10-15-13/h3-5,8,10H,1-2,6-7,9H2. The number of hydrogen-bond acceptors (Lipinski definition) is 5. The van der Waals surface area contributed by atoms with Crippen molar-refractivity contribution in [1.82, 2.24) is 14.9 Å². The second-order valence-corrected chi connectivity index (χ2v) is 4.88. The van der Waals surface area contributed by atoms with Crippen molar-refractivity contribution in [2.24, 2.45) is 0 Å². The van der Waals surface area contributed by atoms with Crippen molar-refractivity contribution in [2.45, 2.75) is 0 Å². The van der Waals surface area contributed by atoms with E-state index in [-0.39, 0.29) is 12.5 Å². The summed E-state index contributed by atoms with van der Waals surface area (Å²) in [7, 11) is 0. The van der Waals surface area contributed by atoms with E-state index in [9.17, 15) is 4.79 Å². The summed E-state index contributed by atoms with van der Waals surface area (Å²) in [5.41, 5.74) is 0. The van der Waals surface area contributed by atoms with Gasteiger partial charge in [0.05, 0.1) is 5.39 Å². The van der Waals surface area contributed by atoms with E-state index in [4.69, 9.17) is 4.74 Å². The lowest BCUT2D eigenvalue weighted by molar-refractivity contribution is -0.132. The number of aromatic nitrogens is 2. The van der Waals surface area contributed by atoms with Gasteiger partial charge in [0.15, 0.2) is 6.61 Å². The highest BCUT2D eigenvalue weighted by molar-refractivity contribution is 7.16. The molecule has 0 saturated heterocycles. The lowest BCUT2D eigenvalue weighted by atomic mass is 10.4. The summed E-state index contributed by atoms with van der Waals surface area (Å²) in [5.74, 6) is 0.300. The predicted molar refractivity (Wildman–Crippen MR) is 79.9 cm³/mol. The number of rotatable bonds is 7. The molecule has 0 unspecified atom stereocenters. The van der Waals surface area contributed by atoms with Gasteiger partial charge in [-0.2, -0.15) is 0 Å². The fraction of sp³-hybridized carbons (Fsp3) is 0.214. The Morgan fingerprint density at radius 2 is 2.10 bits per heavy atom. The third-order valence-electron chi connectivity index (χ3n) is 2.61. The van der Waals surface area contributed by atoms with Crippen LogP contribution in [0.4, 0.5) is 0 Å². The monoisotopic (exact) mass is 289 g/mol. The maximum atomic E-state index is 12.0. The van der Waals surface area contributed by atoms with Crippen molar-refractivity contribution in [3.05, 3.63) is 43.1 Å². The van der Waals surface area contributed by atoms with Crippen LogP contribution in [-0.2, 0) is 4.79 Å². The zero-order chi connectivity index (χ0) is 14.4. The first-order valence-corrected chi connectivity index (χ1v) is 6.94. The highest BCUT2D eigenvalue weighted by Crippen LogP contribution is 2.25. The molecule has 0 fully saturated rings. The van der Waals surface area contributed by atoms with Gasteiger partial charge in [0.1, 0.15) is 11.2 Å². The first-order valence-electron chi connectivity index (χ1n) is 6.06. The molecule has 2 aromatic rings. The molecular weight excluding hydrogens is 274 g/mol. The molecule has 0 aliphatic rings. The van der Waals surface area contributed by atoms with Crippen LogP contribution in [0.5, 0.6) is 5.88 Å². The molecular formula is C14H15N3O2S. The smallest absolute Gasteiger partial charge is 0.261 e. The number of amides is 1. The highest BCUT2D eigenvalue weighted by atomic mass is 32.1. The highest BCUT2D eigenvalue weighted by Gasteiger charge is 2.13. The van der Waals surface area contributed by atoms with Gasteiger partial charge in [-0.05, 0) is 11.4 Å². The Kier molecular flexibility index (Phi) is 4.84. The Bertz CT molecular complexity index is 614. The van der Waals surface area contributed by atoms with E-state index >= 15 is 0 Å². The van der Waals surface area contributed by atoms with E-state index < -0.39 is 0 Å². The Hall–Kier alpha value is -2.21. The van der Waals surface area contributed by atoms with Crippen LogP contribution in [0.3, 0.4) is 0 Å². The topological polar surface area (TPSA) is 55.3 Å². The third-order valence-corrected chi connectivity index (χ3v) is 3.43. The normalized spacial score (nSPS) is 10.2. The maximum absolute atomic E-state index is 12.0. The minimum Gasteiger partial charge on any atom is -0.467 e. The van der Waals surface area contributed by atoms with Crippen LogP contribution < -0.4 is 4.74 Å². The molecule has 1 amide bonds. The van der Waals surface area contributed by atoms with Crippen LogP contribution in [-0.4, -0.2) is 40.5 Å². The van der Waals surface area contributed by atoms with Gasteiger partial charge < -0.3 is 9.64 Å². The fourth-order valence-corrected chi connectivity index (χ4v) is 2.42. The van der Waals surface area contributed by atoms with E-state index in [1.807, 2.05) is 11.4 Å². The minimum absolute atomic E-state index is 0.0658. The van der Waals surface area contributed by atoms with Gasteiger partial charge in [-0.25, -0.2) is 9.97 Å². The van der Waals surface area contributed by atoms with Crippen LogP contribution in [0.1, 0.15) is 0 Å². The molecule has 0 aliphatic carbocycles. The number of nitrogens with zero attached hydrogens (tertiary/aromatic N) is 3. The van der Waals surface area contributed by atoms with Crippen molar-refractivity contribution in [3.8, 4) is 5.88 Å². The molecule has 0 atom stereocenters. The van der Waals surface area contributed by atoms with E-state index in [1.54, 1.807) is 17.1 Å². The van der Waals surface area contributed by atoms with Gasteiger partial charge in [0, 0.05) is 13.1 Å². The lowest BCUT2D eigenvalue weighted by Crippen LogP contribution is -2.35. The predicted octanol–water partition coefficient (Wildman–Crippen LogP) is 2.27. The van der Waals surface area contributed by atoms with E-state index in [2.05, 4.69) is 23.1 Å². The van der Waals surface area contributed by atoms with Crippen LogP contribution in [0.2, 0.25) is 0 Å². The van der Waals surface area contributed by atoms with Gasteiger partial charge in [-0.1, -0.05) is 12.2 Å². The zero-order valence-corrected chi connectivity index (χ0v) is 11.8. The van der Waals surface area contributed by atoms with Crippen molar-refractivity contribution in [1.29, 1.82) is 0 Å². The Morgan fingerprint density at radius 3 is 2.80 bits per heavy atom. The quantitative estimate of drug-likeness (QED) is 0.734. The summed E-state index contributed by atoms with van der Waals surface area (Å²) >= 11 is 1.51. The van der Waals surface area contributed by atoms with Crippen LogP contribution in [0.15, 0.2) is 43.1 Å². The van der Waals surface area contributed by atoms with Crippen molar-refractivity contribution < 1.29 is 9.53 Å². The average Bonchev–Trinajstić information content (AvgIpc) is 2.93. The molecule has 0 N–H and O–H groups in total. The fourth-order valence-electron chi connectivity index (χ4n) is 1.69. The van der Waals surface area contributed by atoms with Crippen molar-refractivity contribution in [3.63, 3.8) is 0 Å². The maximum Gasteiger partial charge on any atom is 0.261 e. The summed E-state index contributed by atoms with van der Waals surface area (Å²) in [6, 6.07) is 1.88. The Morgan fingerprint density at radius 1 is 1.35 bits per heavy atom. The van der Waals surface area contributed by atoms with Gasteiger partial charge in [-0.3, -0.25) is 4.79 Å². The number of ether oxygens (including phenoxy) is 1. The van der Waals surface area contributed by atoms with Gasteiger partial charge in [0.2, 0.25) is 5.88 Å². The summed E-state index contributed by atoms with van der Waals surface area (Å²) in [6.45, 7) is 8.12. The molecule has 104 valence electrons. The zero-order valence-electron chi connectivity index (χ0n) is 11.0. The number of carbonyl (C=O) groups is 1. The minimum atomic E-state index is -0.133. The Balaban J connectivity index is 2.03. The largest absolute Gasteiger partial charge is 0.467 e. The number of hydrogen-bond donors (Lipinski definition) is 0. The molecule has 20 heavy (non-hydrogen) atoms. The van der Waals surface area contributed by atoms with Crippen LogP contribution in [0.25, 0.3) is 10.2 Å². The molecule has 0 saturated carbocycles. The third kappa shape index (κ3) is 3.21. The molecule has 2 aromatic heterocycles. The van der Waals surface area contributed by atoms with Crippen molar-refractivity contribution >= 4 is 27.5 Å². The second-order valence-electron chi connectivity index (χ2n) is 3.98. The molecule has 5 nitrogen and oxygen atoms in total. The lowest BCUT2D eigenvalue weighted by Gasteiger charge is -2.19. The molecule has 0 radical (unpaired) electrons. The average molecular weight is 289 g/mol. The van der Waals surface area contributed by atoms with E-state index in [0.717, 1.165) is 10.2 Å². The SMILES string of the molecule is C=CCN(CC=C)C(=O)COc1ncnc2sccc12. The van der Waals surface area contributed by atoms with E-state index in [0.29, 0.717) is 19.0 Å². The summed E-state index contributed by atoms with van der Waals surface area (Å²) in [6.07, 6.45) is 4.77. The molecule has 2 heterocycles. The number of thiophene rings is 1. The van der Waals surface area contributed by atoms with Gasteiger partial charge >= 0.3 is 0 Å². The second kappa shape index (κ2) is 6.81. The molecule has 0 bridgehead atoms. The molecule has 6 heteroatoms. The number of carbonyl (C=O) groups excluding carboxylic acids is 1. The molecule has 0 spiro atoms. The van der Waals surface area contributed by atoms with Crippen LogP contribution >= 0.6 is 11.3 Å². The first-order chi connectivity index (χ1) is 9.76. The first kappa shape index (κ1) is 14.2. The Labute approximate surface area is 121 Å². The van der Waals surface area contributed by atoms with E-state index in [1.165, 1.54) is 17.7 Å². The summed E-state index contributed by atoms with van der Waals surface area (Å²) in [5, 5.41) is 2.74. The molecule has 0 aliphatic heterocycles. The number of fused-ring (bicyclic) bond motifs is 1. The molecule has 2 rings (SSSR count). The summed E-state index contributed by atoms with van der Waals surface area (Å²) < 4.78 is 5.51. The molecule has 0 aromatic carbocycles. The summed E-state index contributed by atoms with van der Waals surface area (Å²) in [4.78, 5) is 22.7. The van der Waals surface area contributed by atoms with Crippen molar-refractivity contribution in [2.75, 3.05) is 19.7 Å².